The van der Waals surface area contributed by atoms with Crippen LogP contribution in [0.4, 0.5) is 0 Å². The SMILES string of the molecule is CC(=O)N(C)CC(=O)N1CC(C)OC(CO)C1. The number of ether oxygens (including phenoxy) is 1. The second kappa shape index (κ2) is 5.97. The van der Waals surface area contributed by atoms with Gasteiger partial charge >= 0.3 is 0 Å². The van der Waals surface area contributed by atoms with Gasteiger partial charge in [0.1, 0.15) is 0 Å². The van der Waals surface area contributed by atoms with Crippen LogP contribution in [0.25, 0.3) is 0 Å². The number of hydrogen-bond acceptors (Lipinski definition) is 4. The zero-order chi connectivity index (χ0) is 13.0. The summed E-state index contributed by atoms with van der Waals surface area (Å²) < 4.78 is 5.44. The molecule has 1 aliphatic heterocycles. The first-order valence-electron chi connectivity index (χ1n) is 5.69. The zero-order valence-corrected chi connectivity index (χ0v) is 10.5. The van der Waals surface area contributed by atoms with Gasteiger partial charge in [-0.25, -0.2) is 0 Å². The zero-order valence-electron chi connectivity index (χ0n) is 10.5. The average molecular weight is 244 g/mol. The molecule has 0 aliphatic carbocycles. The van der Waals surface area contributed by atoms with E-state index in [0.717, 1.165) is 0 Å². The van der Waals surface area contributed by atoms with E-state index in [9.17, 15) is 9.59 Å². The largest absolute Gasteiger partial charge is 0.394 e. The highest BCUT2D eigenvalue weighted by Crippen LogP contribution is 2.11. The summed E-state index contributed by atoms with van der Waals surface area (Å²) >= 11 is 0. The van der Waals surface area contributed by atoms with Crippen LogP contribution in [0, 0.1) is 0 Å². The molecule has 0 bridgehead atoms. The predicted molar refractivity (Wildman–Crippen MR) is 61.3 cm³/mol. The number of amides is 2. The van der Waals surface area contributed by atoms with Gasteiger partial charge in [-0.2, -0.15) is 0 Å². The molecule has 1 rings (SSSR count). The van der Waals surface area contributed by atoms with E-state index in [1.807, 2.05) is 6.92 Å². The molecule has 98 valence electrons. The summed E-state index contributed by atoms with van der Waals surface area (Å²) in [5.41, 5.74) is 0. The van der Waals surface area contributed by atoms with Crippen LogP contribution in [0.2, 0.25) is 0 Å². The topological polar surface area (TPSA) is 70.1 Å². The quantitative estimate of drug-likeness (QED) is 0.696. The third-order valence-corrected chi connectivity index (χ3v) is 2.79. The van der Waals surface area contributed by atoms with E-state index in [1.165, 1.54) is 11.8 Å². The highest BCUT2D eigenvalue weighted by Gasteiger charge is 2.28. The Kier molecular flexibility index (Phi) is 4.89. The van der Waals surface area contributed by atoms with Crippen molar-refractivity contribution < 1.29 is 19.4 Å². The molecule has 6 heteroatoms. The van der Waals surface area contributed by atoms with Crippen molar-refractivity contribution in [3.8, 4) is 0 Å². The van der Waals surface area contributed by atoms with Crippen molar-refractivity contribution in [2.45, 2.75) is 26.1 Å². The number of aliphatic hydroxyl groups is 1. The number of nitrogens with zero attached hydrogens (tertiary/aromatic N) is 2. The van der Waals surface area contributed by atoms with Crippen molar-refractivity contribution in [1.82, 2.24) is 9.80 Å². The minimum absolute atomic E-state index is 0.0696. The van der Waals surface area contributed by atoms with Crippen LogP contribution < -0.4 is 0 Å². The lowest BCUT2D eigenvalue weighted by atomic mass is 10.2. The number of hydrogen-bond donors (Lipinski definition) is 1. The van der Waals surface area contributed by atoms with Crippen LogP contribution in [0.15, 0.2) is 0 Å². The lowest BCUT2D eigenvalue weighted by molar-refractivity contribution is -0.150. The summed E-state index contributed by atoms with van der Waals surface area (Å²) in [7, 11) is 1.59. The van der Waals surface area contributed by atoms with E-state index in [1.54, 1.807) is 11.9 Å². The number of morpholine rings is 1. The second-order valence-corrected chi connectivity index (χ2v) is 4.43. The molecule has 17 heavy (non-hydrogen) atoms. The van der Waals surface area contributed by atoms with Gasteiger partial charge in [0.15, 0.2) is 0 Å². The summed E-state index contributed by atoms with van der Waals surface area (Å²) in [5.74, 6) is -0.255. The van der Waals surface area contributed by atoms with Gasteiger partial charge in [0.05, 0.1) is 25.4 Å². The van der Waals surface area contributed by atoms with Crippen LogP contribution in [0.1, 0.15) is 13.8 Å². The van der Waals surface area contributed by atoms with E-state index < -0.39 is 0 Å². The van der Waals surface area contributed by atoms with Gasteiger partial charge in [0, 0.05) is 27.1 Å². The Morgan fingerprint density at radius 1 is 1.47 bits per heavy atom. The molecule has 0 aromatic carbocycles. The first-order chi connectivity index (χ1) is 7.93. The smallest absolute Gasteiger partial charge is 0.242 e. The van der Waals surface area contributed by atoms with E-state index in [-0.39, 0.29) is 37.2 Å². The lowest BCUT2D eigenvalue weighted by Gasteiger charge is -2.36. The molecular weight excluding hydrogens is 224 g/mol. The Morgan fingerprint density at radius 2 is 2.12 bits per heavy atom. The van der Waals surface area contributed by atoms with Crippen LogP contribution in [0.3, 0.4) is 0 Å². The fourth-order valence-corrected chi connectivity index (χ4v) is 1.76. The molecule has 2 amide bonds. The molecule has 1 heterocycles. The fraction of sp³-hybridized carbons (Fsp3) is 0.818. The Hall–Kier alpha value is -1.14. The van der Waals surface area contributed by atoms with Crippen molar-refractivity contribution >= 4 is 11.8 Å². The number of carbonyl (C=O) groups excluding carboxylic acids is 2. The third-order valence-electron chi connectivity index (χ3n) is 2.79. The number of rotatable bonds is 3. The standard InChI is InChI=1S/C11H20N2O4/c1-8-4-13(5-10(7-14)17-8)11(16)6-12(3)9(2)15/h8,10,14H,4-7H2,1-3H3. The highest BCUT2D eigenvalue weighted by molar-refractivity contribution is 5.83. The van der Waals surface area contributed by atoms with Gasteiger partial charge < -0.3 is 19.6 Å². The molecular formula is C11H20N2O4. The average Bonchev–Trinajstić information content (AvgIpc) is 2.27. The first kappa shape index (κ1) is 13.9. The number of carbonyl (C=O) groups is 2. The normalized spacial score (nSPS) is 24.6. The highest BCUT2D eigenvalue weighted by atomic mass is 16.5. The lowest BCUT2D eigenvalue weighted by Crippen LogP contribution is -2.52. The van der Waals surface area contributed by atoms with Gasteiger partial charge in [-0.3, -0.25) is 9.59 Å². The van der Waals surface area contributed by atoms with E-state index in [4.69, 9.17) is 9.84 Å². The van der Waals surface area contributed by atoms with Crippen molar-refractivity contribution in [2.24, 2.45) is 0 Å². The Bertz CT molecular complexity index is 295. The molecule has 1 saturated heterocycles. The van der Waals surface area contributed by atoms with Crippen LogP contribution in [-0.2, 0) is 14.3 Å². The molecule has 2 unspecified atom stereocenters. The molecule has 0 aromatic rings. The van der Waals surface area contributed by atoms with Crippen molar-refractivity contribution in [2.75, 3.05) is 33.3 Å². The number of aliphatic hydroxyl groups excluding tert-OH is 1. The summed E-state index contributed by atoms with van der Waals surface area (Å²) in [6.45, 7) is 4.13. The Labute approximate surface area is 101 Å². The maximum Gasteiger partial charge on any atom is 0.242 e. The predicted octanol–water partition coefficient (Wildman–Crippen LogP) is -0.927. The Balaban J connectivity index is 2.53. The van der Waals surface area contributed by atoms with Gasteiger partial charge in [-0.15, -0.1) is 0 Å². The van der Waals surface area contributed by atoms with Crippen LogP contribution >= 0.6 is 0 Å². The van der Waals surface area contributed by atoms with Gasteiger partial charge in [-0.1, -0.05) is 0 Å². The van der Waals surface area contributed by atoms with Crippen LogP contribution in [-0.4, -0.2) is 72.2 Å². The molecule has 2 atom stereocenters. The molecule has 0 saturated carbocycles. The van der Waals surface area contributed by atoms with E-state index >= 15 is 0 Å². The van der Waals surface area contributed by atoms with Crippen LogP contribution in [0.5, 0.6) is 0 Å². The Morgan fingerprint density at radius 3 is 2.65 bits per heavy atom. The maximum absolute atomic E-state index is 11.9. The second-order valence-electron chi connectivity index (χ2n) is 4.43. The van der Waals surface area contributed by atoms with Crippen molar-refractivity contribution in [1.29, 1.82) is 0 Å². The molecule has 1 aliphatic rings. The third kappa shape index (κ3) is 3.98. The first-order valence-corrected chi connectivity index (χ1v) is 5.69. The van der Waals surface area contributed by atoms with E-state index in [2.05, 4.69) is 0 Å². The maximum atomic E-state index is 11.9. The fourth-order valence-electron chi connectivity index (χ4n) is 1.76. The van der Waals surface area contributed by atoms with Crippen molar-refractivity contribution in [3.05, 3.63) is 0 Å². The molecule has 0 spiro atoms. The van der Waals surface area contributed by atoms with E-state index in [0.29, 0.717) is 13.1 Å². The summed E-state index contributed by atoms with van der Waals surface area (Å²) in [6, 6.07) is 0. The monoisotopic (exact) mass is 244 g/mol. The molecule has 6 nitrogen and oxygen atoms in total. The van der Waals surface area contributed by atoms with Gasteiger partial charge in [0.2, 0.25) is 11.8 Å². The minimum Gasteiger partial charge on any atom is -0.394 e. The van der Waals surface area contributed by atoms with Gasteiger partial charge in [0.25, 0.3) is 0 Å². The minimum atomic E-state index is -0.328. The van der Waals surface area contributed by atoms with Gasteiger partial charge in [-0.05, 0) is 6.92 Å². The summed E-state index contributed by atoms with van der Waals surface area (Å²) in [6.07, 6.45) is -0.419. The molecule has 1 fully saturated rings. The summed E-state index contributed by atoms with van der Waals surface area (Å²) in [4.78, 5) is 26.0. The van der Waals surface area contributed by atoms with Crippen molar-refractivity contribution in [3.63, 3.8) is 0 Å². The molecule has 1 N–H and O–H groups in total. The molecule has 0 aromatic heterocycles. The molecule has 0 radical (unpaired) electrons. The summed E-state index contributed by atoms with van der Waals surface area (Å²) in [5, 5.41) is 9.05. The number of likely N-dealkylation sites (N-methyl/N-ethyl adjacent to an activating group) is 1.